The third-order valence-electron chi connectivity index (χ3n) is 6.98. The lowest BCUT2D eigenvalue weighted by molar-refractivity contribution is -0.142. The van der Waals surface area contributed by atoms with Crippen LogP contribution >= 0.6 is 21.6 Å². The number of rotatable bonds is 6. The topological polar surface area (TPSA) is 200 Å². The summed E-state index contributed by atoms with van der Waals surface area (Å²) < 4.78 is 0. The van der Waals surface area contributed by atoms with E-state index in [4.69, 9.17) is 5.73 Å². The van der Waals surface area contributed by atoms with Crippen LogP contribution < -0.4 is 27.0 Å². The molecule has 1 saturated carbocycles. The second kappa shape index (κ2) is 15.1. The molecule has 1 aliphatic carbocycles. The molecule has 2 fully saturated rings. The number of phenols is 1. The Morgan fingerprint density at radius 1 is 0.975 bits per heavy atom. The van der Waals surface area contributed by atoms with Gasteiger partial charge in [-0.05, 0) is 49.8 Å². The molecule has 0 bridgehead atoms. The van der Waals surface area contributed by atoms with Crippen LogP contribution in [0.2, 0.25) is 0 Å². The van der Waals surface area contributed by atoms with Crippen molar-refractivity contribution in [2.24, 2.45) is 11.7 Å². The van der Waals surface area contributed by atoms with E-state index in [9.17, 15) is 34.2 Å². The van der Waals surface area contributed by atoms with Crippen molar-refractivity contribution in [1.82, 2.24) is 21.3 Å². The van der Waals surface area contributed by atoms with Crippen LogP contribution in [0.3, 0.4) is 0 Å². The SMILES string of the molecule is C[C@@H]1NC(=O)[C@@H](NC(=O)[C@@H](N)Cc2ccc(O)cc2)CSSC[C@@H](C(=O)O)NC(=O)[C@H](C2CCCCC2)NC1=O. The Labute approximate surface area is 240 Å². The minimum absolute atomic E-state index is 0.0100. The molecule has 1 aliphatic heterocycles. The van der Waals surface area contributed by atoms with Gasteiger partial charge in [0.05, 0.1) is 6.04 Å². The van der Waals surface area contributed by atoms with Gasteiger partial charge in [0.1, 0.15) is 29.9 Å². The summed E-state index contributed by atoms with van der Waals surface area (Å²) in [5.74, 6) is -3.52. The van der Waals surface area contributed by atoms with Crippen molar-refractivity contribution in [2.45, 2.75) is 75.7 Å². The fraction of sp³-hybridized carbons (Fsp3) is 0.577. The number of aromatic hydroxyl groups is 1. The van der Waals surface area contributed by atoms with Crippen LogP contribution in [-0.2, 0) is 30.4 Å². The van der Waals surface area contributed by atoms with E-state index >= 15 is 0 Å². The summed E-state index contributed by atoms with van der Waals surface area (Å²) in [4.78, 5) is 64.1. The zero-order chi connectivity index (χ0) is 29.2. The van der Waals surface area contributed by atoms with Gasteiger partial charge < -0.3 is 37.2 Å². The standard InChI is InChI=1S/C26H37N5O7S2/c1-14-22(33)31-21(16-5-3-2-4-6-16)25(36)30-20(26(37)38)13-40-39-12-19(24(35)28-14)29-23(34)18(27)11-15-7-9-17(32)10-8-15/h7-10,14,16,18-21,32H,2-6,11-13,27H2,1H3,(H,28,35)(H,29,34)(H,30,36)(H,31,33)(H,37,38)/t14-,18-,19-,20-,21-/m0/s1. The van der Waals surface area contributed by atoms with Crippen LogP contribution in [-0.4, -0.2) is 81.5 Å². The Hall–Kier alpha value is -2.97. The second-order valence-corrected chi connectivity index (χ2v) is 12.7. The number of phenolic OH excluding ortho intramolecular Hbond substituents is 1. The number of nitrogens with one attached hydrogen (secondary N) is 4. The third-order valence-corrected chi connectivity index (χ3v) is 9.40. The van der Waals surface area contributed by atoms with Gasteiger partial charge in [0.15, 0.2) is 0 Å². The minimum Gasteiger partial charge on any atom is -0.508 e. The molecule has 14 heteroatoms. The number of hydrogen-bond acceptors (Lipinski definition) is 9. The van der Waals surface area contributed by atoms with Crippen molar-refractivity contribution < 1.29 is 34.2 Å². The van der Waals surface area contributed by atoms with Crippen LogP contribution in [0, 0.1) is 5.92 Å². The van der Waals surface area contributed by atoms with E-state index in [0.717, 1.165) is 59.3 Å². The normalized spacial score (nSPS) is 26.4. The molecule has 0 radical (unpaired) electrons. The van der Waals surface area contributed by atoms with E-state index in [2.05, 4.69) is 21.3 Å². The predicted octanol–water partition coefficient (Wildman–Crippen LogP) is 0.281. The van der Waals surface area contributed by atoms with Crippen molar-refractivity contribution in [3.8, 4) is 5.75 Å². The molecule has 1 aromatic rings. The lowest BCUT2D eigenvalue weighted by atomic mass is 9.83. The highest BCUT2D eigenvalue weighted by Gasteiger charge is 2.35. The molecule has 0 aromatic heterocycles. The lowest BCUT2D eigenvalue weighted by Crippen LogP contribution is -2.60. The lowest BCUT2D eigenvalue weighted by Gasteiger charge is -2.32. The van der Waals surface area contributed by atoms with Crippen LogP contribution in [0.25, 0.3) is 0 Å². The summed E-state index contributed by atoms with van der Waals surface area (Å²) in [6.45, 7) is 1.48. The fourth-order valence-electron chi connectivity index (χ4n) is 4.63. The second-order valence-electron chi connectivity index (χ2n) is 10.1. The van der Waals surface area contributed by atoms with E-state index in [1.54, 1.807) is 12.1 Å². The molecule has 0 unspecified atom stereocenters. The summed E-state index contributed by atoms with van der Waals surface area (Å²) in [7, 11) is 2.31. The highest BCUT2D eigenvalue weighted by molar-refractivity contribution is 8.76. The van der Waals surface area contributed by atoms with Gasteiger partial charge in [-0.25, -0.2) is 4.79 Å². The average molecular weight is 596 g/mol. The third kappa shape index (κ3) is 9.30. The highest BCUT2D eigenvalue weighted by atomic mass is 33.1. The molecular weight excluding hydrogens is 558 g/mol. The van der Waals surface area contributed by atoms with Crippen molar-refractivity contribution >= 4 is 51.2 Å². The highest BCUT2D eigenvalue weighted by Crippen LogP contribution is 2.28. The summed E-state index contributed by atoms with van der Waals surface area (Å²) in [6, 6.07) is 1.06. The first-order chi connectivity index (χ1) is 19.0. The first-order valence-corrected chi connectivity index (χ1v) is 15.8. The first kappa shape index (κ1) is 31.6. The molecule has 2 aliphatic rings. The van der Waals surface area contributed by atoms with Gasteiger partial charge in [0, 0.05) is 11.5 Å². The molecular formula is C26H37N5O7S2. The molecule has 0 spiro atoms. The molecule has 4 amide bonds. The number of benzene rings is 1. The Balaban J connectivity index is 1.74. The van der Waals surface area contributed by atoms with Crippen molar-refractivity contribution in [3.05, 3.63) is 29.8 Å². The minimum atomic E-state index is -1.21. The Morgan fingerprint density at radius 3 is 2.27 bits per heavy atom. The molecule has 40 heavy (non-hydrogen) atoms. The van der Waals surface area contributed by atoms with Gasteiger partial charge in [-0.1, -0.05) is 53.0 Å². The van der Waals surface area contributed by atoms with Gasteiger partial charge in [-0.2, -0.15) is 0 Å². The fourth-order valence-corrected chi connectivity index (χ4v) is 6.95. The van der Waals surface area contributed by atoms with Crippen molar-refractivity contribution in [2.75, 3.05) is 11.5 Å². The molecule has 5 atom stereocenters. The zero-order valence-electron chi connectivity index (χ0n) is 22.3. The Morgan fingerprint density at radius 2 is 1.62 bits per heavy atom. The monoisotopic (exact) mass is 595 g/mol. The quantitative estimate of drug-likeness (QED) is 0.224. The molecule has 8 N–H and O–H groups in total. The smallest absolute Gasteiger partial charge is 0.327 e. The number of carbonyl (C=O) groups is 5. The number of carboxylic acid groups (broad SMARTS) is 1. The van der Waals surface area contributed by atoms with Crippen LogP contribution in [0.5, 0.6) is 5.75 Å². The maximum absolute atomic E-state index is 13.1. The Kier molecular flexibility index (Phi) is 11.9. The first-order valence-electron chi connectivity index (χ1n) is 13.3. The van der Waals surface area contributed by atoms with E-state index in [-0.39, 0.29) is 29.6 Å². The molecule has 1 aromatic carbocycles. The molecule has 12 nitrogen and oxygen atoms in total. The van der Waals surface area contributed by atoms with Gasteiger partial charge in [0.2, 0.25) is 23.6 Å². The summed E-state index contributed by atoms with van der Waals surface area (Å²) in [5.41, 5.74) is 6.79. The number of aliphatic carboxylic acids is 1. The number of nitrogens with two attached hydrogens (primary N) is 1. The number of hydrogen-bond donors (Lipinski definition) is 7. The average Bonchev–Trinajstić information content (AvgIpc) is 2.93. The van der Waals surface area contributed by atoms with E-state index < -0.39 is 59.8 Å². The van der Waals surface area contributed by atoms with E-state index in [0.29, 0.717) is 0 Å². The molecule has 220 valence electrons. The van der Waals surface area contributed by atoms with E-state index in [1.807, 2.05) is 0 Å². The van der Waals surface area contributed by atoms with Crippen LogP contribution in [0.1, 0.15) is 44.6 Å². The Bertz CT molecular complexity index is 1070. The predicted molar refractivity (Wildman–Crippen MR) is 152 cm³/mol. The maximum atomic E-state index is 13.1. The van der Waals surface area contributed by atoms with Gasteiger partial charge in [-0.15, -0.1) is 0 Å². The van der Waals surface area contributed by atoms with Gasteiger partial charge >= 0.3 is 5.97 Å². The summed E-state index contributed by atoms with van der Waals surface area (Å²) in [5, 5.41) is 29.7. The van der Waals surface area contributed by atoms with Crippen molar-refractivity contribution in [3.63, 3.8) is 0 Å². The number of carbonyl (C=O) groups excluding carboxylic acids is 4. The van der Waals surface area contributed by atoms with E-state index in [1.165, 1.54) is 19.1 Å². The summed E-state index contributed by atoms with van der Waals surface area (Å²) >= 11 is 0. The van der Waals surface area contributed by atoms with Gasteiger partial charge in [-0.3, -0.25) is 19.2 Å². The summed E-state index contributed by atoms with van der Waals surface area (Å²) in [6.07, 6.45) is 4.45. The molecule has 1 heterocycles. The number of amides is 4. The van der Waals surface area contributed by atoms with Crippen LogP contribution in [0.4, 0.5) is 0 Å². The van der Waals surface area contributed by atoms with Gasteiger partial charge in [0.25, 0.3) is 0 Å². The van der Waals surface area contributed by atoms with Crippen molar-refractivity contribution in [1.29, 1.82) is 0 Å². The number of carboxylic acids is 1. The zero-order valence-corrected chi connectivity index (χ0v) is 23.9. The molecule has 3 rings (SSSR count). The largest absolute Gasteiger partial charge is 0.508 e. The van der Waals surface area contributed by atoms with Crippen LogP contribution in [0.15, 0.2) is 24.3 Å². The molecule has 1 saturated heterocycles. The maximum Gasteiger partial charge on any atom is 0.327 e.